The molecule has 0 aromatic heterocycles. The van der Waals surface area contributed by atoms with Crippen molar-refractivity contribution in [3.63, 3.8) is 0 Å². The Morgan fingerprint density at radius 2 is 1.04 bits per heavy atom. The van der Waals surface area contributed by atoms with Crippen molar-refractivity contribution in [3.8, 4) is 11.5 Å². The van der Waals surface area contributed by atoms with Crippen molar-refractivity contribution < 1.29 is 44.2 Å². The van der Waals surface area contributed by atoms with E-state index in [0.717, 1.165) is 72.3 Å². The first-order valence-electron chi connectivity index (χ1n) is 27.4. The van der Waals surface area contributed by atoms with E-state index in [1.54, 1.807) is 0 Å². The topological polar surface area (TPSA) is 143 Å². The van der Waals surface area contributed by atoms with E-state index in [9.17, 15) is 24.9 Å². The van der Waals surface area contributed by atoms with E-state index in [2.05, 4.69) is 121 Å². The highest BCUT2D eigenvalue weighted by Crippen LogP contribution is 2.43. The van der Waals surface area contributed by atoms with E-state index < -0.39 is 23.3 Å². The third-order valence-corrected chi connectivity index (χ3v) is 16.1. The van der Waals surface area contributed by atoms with Crippen LogP contribution in [0.25, 0.3) is 12.2 Å². The molecule has 1 heterocycles. The molecule has 73 heavy (non-hydrogen) atoms. The largest absolute Gasteiger partial charge is 0.491 e. The van der Waals surface area contributed by atoms with Crippen LogP contribution in [0, 0.1) is 27.7 Å². The van der Waals surface area contributed by atoms with Crippen molar-refractivity contribution in [3.05, 3.63) is 141 Å². The summed E-state index contributed by atoms with van der Waals surface area (Å²) in [6, 6.07) is 26.2. The number of hydrogen-bond donors (Lipinski definition) is 4. The van der Waals surface area contributed by atoms with E-state index in [4.69, 9.17) is 19.3 Å². The second-order valence-electron chi connectivity index (χ2n) is 20.5. The summed E-state index contributed by atoms with van der Waals surface area (Å²) in [6.07, 6.45) is 16.9. The first-order chi connectivity index (χ1) is 34.7. The van der Waals surface area contributed by atoms with Crippen LogP contribution in [-0.4, -0.2) is 69.0 Å². The molecule has 4 aromatic carbocycles. The minimum Gasteiger partial charge on any atom is -0.491 e. The van der Waals surface area contributed by atoms with Crippen molar-refractivity contribution >= 4 is 24.1 Å². The molecule has 1 aliphatic rings. The number of aliphatic hydroxyl groups excluding tert-OH is 1. The fourth-order valence-corrected chi connectivity index (χ4v) is 10.3. The molecule has 0 unspecified atom stereocenters. The Kier molecular flexibility index (Phi) is 23.1. The van der Waals surface area contributed by atoms with E-state index in [1.165, 1.54) is 33.4 Å². The SMILES string of the molecule is CCC(O)(/C=C/c1ccc(C(CC)(CC)c2ccc(OC[C@H](O)CCCC(=O)O)c(C)c2)cc1C)CC.CCC(O)(/C=C/c1ccc(C(CC)(CC)c2ccc(OC[C@H]3CCCC(=O)O3)c(C)c2)cc1C)CC. The van der Waals surface area contributed by atoms with Crippen LogP contribution in [-0.2, 0) is 25.2 Å². The van der Waals surface area contributed by atoms with Gasteiger partial charge in [-0.15, -0.1) is 0 Å². The standard InChI is InChI=1S/C32H46O5.C32H44O4/c1-7-31(36,8-2)19-18-25-14-15-26(20-23(25)5)32(9-3,10-4)27-16-17-29(24(6)21-27)37-22-28(33)12-11-13-30(34)35;1-7-31(34,8-2)19-18-25-14-15-26(20-23(25)5)32(9-3,10-4)27-16-17-29(24(6)21-27)35-22-28-12-11-13-30(33)36-28/h14-21,28,33,36H,7-13,22H2,1-6H3,(H,34,35);14-21,28,34H,7-13,22H2,1-6H3/b2*19-18+/t2*28-/m11/s1. The van der Waals surface area contributed by atoms with Crippen LogP contribution in [0.5, 0.6) is 11.5 Å². The van der Waals surface area contributed by atoms with Gasteiger partial charge in [0.15, 0.2) is 0 Å². The summed E-state index contributed by atoms with van der Waals surface area (Å²) in [5.74, 6) is 0.604. The van der Waals surface area contributed by atoms with Gasteiger partial charge in [0.25, 0.3) is 0 Å². The first-order valence-corrected chi connectivity index (χ1v) is 27.4. The molecule has 0 saturated carbocycles. The van der Waals surface area contributed by atoms with Crippen LogP contribution in [0.1, 0.15) is 201 Å². The van der Waals surface area contributed by atoms with Crippen molar-refractivity contribution in [1.82, 2.24) is 0 Å². The minimum absolute atomic E-state index is 0.0529. The molecule has 0 radical (unpaired) electrons. The molecule has 4 N–H and O–H groups in total. The first kappa shape index (κ1) is 60.3. The molecule has 2 atom stereocenters. The highest BCUT2D eigenvalue weighted by Gasteiger charge is 2.33. The zero-order chi connectivity index (χ0) is 54.0. The number of benzene rings is 4. The Bertz CT molecular complexity index is 2450. The summed E-state index contributed by atoms with van der Waals surface area (Å²) < 4.78 is 17.4. The summed E-state index contributed by atoms with van der Waals surface area (Å²) in [5.41, 5.74) is 10.1. The quantitative estimate of drug-likeness (QED) is 0.0452. The lowest BCUT2D eigenvalue weighted by Crippen LogP contribution is -2.29. The summed E-state index contributed by atoms with van der Waals surface area (Å²) in [5, 5.41) is 40.2. The lowest BCUT2D eigenvalue weighted by atomic mass is 9.70. The number of ether oxygens (including phenoxy) is 3. The van der Waals surface area contributed by atoms with E-state index in [-0.39, 0.29) is 35.9 Å². The van der Waals surface area contributed by atoms with Gasteiger partial charge >= 0.3 is 11.9 Å². The lowest BCUT2D eigenvalue weighted by molar-refractivity contribution is -0.155. The number of aryl methyl sites for hydroxylation is 4. The lowest BCUT2D eigenvalue weighted by Gasteiger charge is -2.34. The van der Waals surface area contributed by atoms with Gasteiger partial charge in [-0.25, -0.2) is 0 Å². The molecular formula is C64H90O9. The minimum atomic E-state index is -0.851. The van der Waals surface area contributed by atoms with Gasteiger partial charge in [-0.2, -0.15) is 0 Å². The molecule has 4 aromatic rings. The van der Waals surface area contributed by atoms with Crippen molar-refractivity contribution in [2.45, 2.75) is 207 Å². The van der Waals surface area contributed by atoms with Gasteiger partial charge in [-0.3, -0.25) is 9.59 Å². The third-order valence-electron chi connectivity index (χ3n) is 16.1. The summed E-state index contributed by atoms with van der Waals surface area (Å²) in [6.45, 7) is 25.9. The second-order valence-corrected chi connectivity index (χ2v) is 20.5. The maximum absolute atomic E-state index is 11.6. The Labute approximate surface area is 439 Å². The van der Waals surface area contributed by atoms with Crippen LogP contribution in [0.2, 0.25) is 0 Å². The highest BCUT2D eigenvalue weighted by molar-refractivity contribution is 5.70. The third kappa shape index (κ3) is 15.9. The maximum Gasteiger partial charge on any atom is 0.306 e. The zero-order valence-electron chi connectivity index (χ0n) is 46.5. The average Bonchev–Trinajstić information content (AvgIpc) is 3.38. The summed E-state index contributed by atoms with van der Waals surface area (Å²) in [4.78, 5) is 22.2. The smallest absolute Gasteiger partial charge is 0.306 e. The van der Waals surface area contributed by atoms with Crippen molar-refractivity contribution in [2.75, 3.05) is 13.2 Å². The van der Waals surface area contributed by atoms with Gasteiger partial charge in [-0.1, -0.05) is 140 Å². The molecule has 0 amide bonds. The number of aliphatic carboxylic acids is 1. The number of rotatable bonds is 26. The van der Waals surface area contributed by atoms with Gasteiger partial charge in [0, 0.05) is 23.7 Å². The van der Waals surface area contributed by atoms with E-state index in [0.29, 0.717) is 51.6 Å². The van der Waals surface area contributed by atoms with Crippen LogP contribution in [0.3, 0.4) is 0 Å². The normalized spacial score (nSPS) is 15.0. The Balaban J connectivity index is 0.000000317. The fourth-order valence-electron chi connectivity index (χ4n) is 10.3. The Morgan fingerprint density at radius 3 is 1.41 bits per heavy atom. The summed E-state index contributed by atoms with van der Waals surface area (Å²) in [7, 11) is 0. The number of cyclic esters (lactones) is 1. The molecule has 9 heteroatoms. The van der Waals surface area contributed by atoms with Gasteiger partial charge < -0.3 is 34.6 Å². The number of hydrogen-bond acceptors (Lipinski definition) is 8. The molecule has 1 aliphatic heterocycles. The molecular weight excluding hydrogens is 913 g/mol. The number of carboxylic acid groups (broad SMARTS) is 1. The highest BCUT2D eigenvalue weighted by atomic mass is 16.6. The Morgan fingerprint density at radius 1 is 0.630 bits per heavy atom. The van der Waals surface area contributed by atoms with E-state index in [1.807, 2.05) is 58.9 Å². The van der Waals surface area contributed by atoms with Crippen molar-refractivity contribution in [2.24, 2.45) is 0 Å². The number of carbonyl (C=O) groups excluding carboxylic acids is 1. The van der Waals surface area contributed by atoms with Crippen LogP contribution in [0.15, 0.2) is 84.9 Å². The van der Waals surface area contributed by atoms with Crippen LogP contribution < -0.4 is 9.47 Å². The van der Waals surface area contributed by atoms with Gasteiger partial charge in [0.2, 0.25) is 0 Å². The monoisotopic (exact) mass is 1000 g/mol. The second kappa shape index (κ2) is 27.9. The molecule has 9 nitrogen and oxygen atoms in total. The molecule has 400 valence electrons. The predicted molar refractivity (Wildman–Crippen MR) is 299 cm³/mol. The van der Waals surface area contributed by atoms with Gasteiger partial charge in [0.1, 0.15) is 30.8 Å². The number of carbonyl (C=O) groups is 2. The van der Waals surface area contributed by atoms with Gasteiger partial charge in [-0.05, 0) is 173 Å². The Hall–Kier alpha value is -5.22. The number of esters is 1. The molecule has 0 bridgehead atoms. The fraction of sp³-hybridized carbons (Fsp3) is 0.531. The predicted octanol–water partition coefficient (Wildman–Crippen LogP) is 14.4. The molecule has 0 aliphatic carbocycles. The number of carboxylic acids is 1. The van der Waals surface area contributed by atoms with Crippen LogP contribution >= 0.6 is 0 Å². The van der Waals surface area contributed by atoms with Crippen LogP contribution in [0.4, 0.5) is 0 Å². The molecule has 1 saturated heterocycles. The average molecular weight is 1000 g/mol. The molecule has 0 spiro atoms. The zero-order valence-corrected chi connectivity index (χ0v) is 46.5. The number of aliphatic hydroxyl groups is 3. The van der Waals surface area contributed by atoms with Crippen molar-refractivity contribution in [1.29, 1.82) is 0 Å². The van der Waals surface area contributed by atoms with Gasteiger partial charge in [0.05, 0.1) is 17.3 Å². The van der Waals surface area contributed by atoms with E-state index >= 15 is 0 Å². The molecule has 5 rings (SSSR count). The summed E-state index contributed by atoms with van der Waals surface area (Å²) >= 11 is 0. The molecule has 1 fully saturated rings. The maximum atomic E-state index is 11.6.